The molecule has 0 aromatic carbocycles. The van der Waals surface area contributed by atoms with Crippen molar-refractivity contribution < 1.29 is 0 Å². The second kappa shape index (κ2) is 5.26. The van der Waals surface area contributed by atoms with E-state index in [2.05, 4.69) is 20.8 Å². The van der Waals surface area contributed by atoms with Gasteiger partial charge in [0.15, 0.2) is 0 Å². The zero-order valence-electron chi connectivity index (χ0n) is 9.27. The minimum atomic E-state index is 0. The molecule has 0 aromatic rings. The average Bonchev–Trinajstić information content (AvgIpc) is 1.74. The second-order valence-corrected chi connectivity index (χ2v) is 5.56. The summed E-state index contributed by atoms with van der Waals surface area (Å²) in [5, 5.41) is 0. The summed E-state index contributed by atoms with van der Waals surface area (Å²) in [7, 11) is 0. The fourth-order valence-corrected chi connectivity index (χ4v) is 2.03. The van der Waals surface area contributed by atoms with Gasteiger partial charge in [-0.2, -0.15) is 13.5 Å². The van der Waals surface area contributed by atoms with E-state index in [-0.39, 0.29) is 13.5 Å². The smallest absolute Gasteiger partial charge is 0.00464 e. The standard InChI is InChI=1S/C11H23N.H2S/c1-11(2,3)8-10(12)7-9-5-4-6-9;/h9-10H,4-8,12H2,1-3H3;1H2/t10-;/m0./s1. The van der Waals surface area contributed by atoms with E-state index in [1.54, 1.807) is 0 Å². The molecule has 0 spiro atoms. The first-order chi connectivity index (χ1) is 5.47. The van der Waals surface area contributed by atoms with Gasteiger partial charge < -0.3 is 5.73 Å². The highest BCUT2D eigenvalue weighted by molar-refractivity contribution is 7.59. The first-order valence-corrected chi connectivity index (χ1v) is 5.23. The SMILES string of the molecule is CC(C)(C)C[C@@H](N)CC1CCC1.S. The van der Waals surface area contributed by atoms with Crippen molar-refractivity contribution in [3.8, 4) is 0 Å². The number of rotatable bonds is 3. The van der Waals surface area contributed by atoms with Gasteiger partial charge in [0.1, 0.15) is 0 Å². The lowest BCUT2D eigenvalue weighted by molar-refractivity contribution is 0.242. The zero-order valence-corrected chi connectivity index (χ0v) is 10.3. The van der Waals surface area contributed by atoms with Crippen molar-refractivity contribution in [2.75, 3.05) is 0 Å². The molecule has 2 N–H and O–H groups in total. The summed E-state index contributed by atoms with van der Waals surface area (Å²) in [6.07, 6.45) is 6.73. The Hall–Kier alpha value is 0.310. The third-order valence-electron chi connectivity index (χ3n) is 2.74. The Morgan fingerprint density at radius 2 is 1.85 bits per heavy atom. The van der Waals surface area contributed by atoms with Gasteiger partial charge in [-0.15, -0.1) is 0 Å². The van der Waals surface area contributed by atoms with Crippen molar-refractivity contribution >= 4 is 13.5 Å². The molecule has 1 rings (SSSR count). The molecule has 13 heavy (non-hydrogen) atoms. The minimum Gasteiger partial charge on any atom is -0.328 e. The molecule has 1 aliphatic rings. The molecule has 1 saturated carbocycles. The molecule has 0 saturated heterocycles. The maximum Gasteiger partial charge on any atom is 0.00464 e. The molecular formula is C11H25NS. The first-order valence-electron chi connectivity index (χ1n) is 5.23. The van der Waals surface area contributed by atoms with E-state index in [0.717, 1.165) is 5.92 Å². The quantitative estimate of drug-likeness (QED) is 0.749. The number of nitrogens with two attached hydrogens (primary N) is 1. The van der Waals surface area contributed by atoms with Gasteiger partial charge in [-0.1, -0.05) is 40.0 Å². The van der Waals surface area contributed by atoms with E-state index in [1.165, 1.54) is 32.1 Å². The Bertz CT molecular complexity index is 136. The lowest BCUT2D eigenvalue weighted by Gasteiger charge is -2.30. The van der Waals surface area contributed by atoms with Crippen LogP contribution < -0.4 is 5.73 Å². The molecule has 80 valence electrons. The Balaban J connectivity index is 0.00000144. The van der Waals surface area contributed by atoms with Gasteiger partial charge >= 0.3 is 0 Å². The van der Waals surface area contributed by atoms with Gasteiger partial charge in [0.05, 0.1) is 0 Å². The van der Waals surface area contributed by atoms with E-state index in [0.29, 0.717) is 11.5 Å². The zero-order chi connectivity index (χ0) is 9.19. The van der Waals surface area contributed by atoms with Crippen molar-refractivity contribution in [1.29, 1.82) is 0 Å². The Morgan fingerprint density at radius 1 is 1.31 bits per heavy atom. The number of hydrogen-bond donors (Lipinski definition) is 1. The molecule has 0 heterocycles. The predicted octanol–water partition coefficient (Wildman–Crippen LogP) is 3.05. The lowest BCUT2D eigenvalue weighted by Crippen LogP contribution is -2.30. The maximum atomic E-state index is 6.07. The normalized spacial score (nSPS) is 20.3. The highest BCUT2D eigenvalue weighted by Crippen LogP contribution is 2.32. The van der Waals surface area contributed by atoms with Gasteiger partial charge in [0.25, 0.3) is 0 Å². The van der Waals surface area contributed by atoms with Gasteiger partial charge in [-0.25, -0.2) is 0 Å². The molecular weight excluding hydrogens is 178 g/mol. The van der Waals surface area contributed by atoms with Crippen molar-refractivity contribution in [3.05, 3.63) is 0 Å². The molecule has 0 bridgehead atoms. The summed E-state index contributed by atoms with van der Waals surface area (Å²) < 4.78 is 0. The van der Waals surface area contributed by atoms with Crippen LogP contribution in [0.2, 0.25) is 0 Å². The summed E-state index contributed by atoms with van der Waals surface area (Å²) in [5.74, 6) is 0.961. The molecule has 0 aromatic heterocycles. The highest BCUT2D eigenvalue weighted by atomic mass is 32.1. The van der Waals surface area contributed by atoms with Crippen LogP contribution in [0.3, 0.4) is 0 Å². The van der Waals surface area contributed by atoms with Crippen LogP contribution in [0.15, 0.2) is 0 Å². The van der Waals surface area contributed by atoms with Crippen LogP contribution in [0, 0.1) is 11.3 Å². The number of hydrogen-bond acceptors (Lipinski definition) is 1. The van der Waals surface area contributed by atoms with Crippen molar-refractivity contribution in [2.24, 2.45) is 17.1 Å². The third-order valence-corrected chi connectivity index (χ3v) is 2.74. The van der Waals surface area contributed by atoms with Crippen molar-refractivity contribution in [1.82, 2.24) is 0 Å². The molecule has 1 nitrogen and oxygen atoms in total. The molecule has 0 aliphatic heterocycles. The van der Waals surface area contributed by atoms with Gasteiger partial charge in [-0.05, 0) is 24.2 Å². The van der Waals surface area contributed by atoms with Crippen LogP contribution in [-0.2, 0) is 0 Å². The van der Waals surface area contributed by atoms with Crippen molar-refractivity contribution in [2.45, 2.75) is 58.9 Å². The third kappa shape index (κ3) is 5.58. The van der Waals surface area contributed by atoms with Crippen LogP contribution >= 0.6 is 13.5 Å². The fraction of sp³-hybridized carbons (Fsp3) is 1.00. The largest absolute Gasteiger partial charge is 0.328 e. The molecule has 1 atom stereocenters. The fourth-order valence-electron chi connectivity index (χ4n) is 2.03. The van der Waals surface area contributed by atoms with E-state index >= 15 is 0 Å². The Labute approximate surface area is 89.9 Å². The molecule has 0 unspecified atom stereocenters. The van der Waals surface area contributed by atoms with Crippen LogP contribution in [0.1, 0.15) is 52.9 Å². The van der Waals surface area contributed by atoms with Gasteiger partial charge in [0.2, 0.25) is 0 Å². The summed E-state index contributed by atoms with van der Waals surface area (Å²) in [6.45, 7) is 6.81. The van der Waals surface area contributed by atoms with Crippen LogP contribution in [-0.4, -0.2) is 6.04 Å². The van der Waals surface area contributed by atoms with E-state index in [9.17, 15) is 0 Å². The monoisotopic (exact) mass is 203 g/mol. The minimum absolute atomic E-state index is 0. The van der Waals surface area contributed by atoms with E-state index < -0.39 is 0 Å². The van der Waals surface area contributed by atoms with Gasteiger partial charge in [-0.3, -0.25) is 0 Å². The lowest BCUT2D eigenvalue weighted by atomic mass is 9.78. The molecule has 1 fully saturated rings. The Kier molecular flexibility index (Phi) is 5.38. The summed E-state index contributed by atoms with van der Waals surface area (Å²) in [4.78, 5) is 0. The second-order valence-electron chi connectivity index (χ2n) is 5.56. The molecule has 1 aliphatic carbocycles. The topological polar surface area (TPSA) is 26.0 Å². The average molecular weight is 203 g/mol. The van der Waals surface area contributed by atoms with Crippen LogP contribution in [0.4, 0.5) is 0 Å². The summed E-state index contributed by atoms with van der Waals surface area (Å²) >= 11 is 0. The van der Waals surface area contributed by atoms with Crippen LogP contribution in [0.25, 0.3) is 0 Å². The van der Waals surface area contributed by atoms with Crippen molar-refractivity contribution in [3.63, 3.8) is 0 Å². The molecule has 2 heteroatoms. The van der Waals surface area contributed by atoms with Crippen LogP contribution in [0.5, 0.6) is 0 Å². The highest BCUT2D eigenvalue weighted by Gasteiger charge is 2.22. The Morgan fingerprint density at radius 3 is 2.15 bits per heavy atom. The summed E-state index contributed by atoms with van der Waals surface area (Å²) in [5.41, 5.74) is 6.48. The van der Waals surface area contributed by atoms with E-state index in [1.807, 2.05) is 0 Å². The van der Waals surface area contributed by atoms with Gasteiger partial charge in [0, 0.05) is 6.04 Å². The summed E-state index contributed by atoms with van der Waals surface area (Å²) in [6, 6.07) is 0.440. The van der Waals surface area contributed by atoms with E-state index in [4.69, 9.17) is 5.73 Å². The molecule has 0 radical (unpaired) electrons. The predicted molar refractivity (Wildman–Crippen MR) is 64.4 cm³/mol. The first kappa shape index (κ1) is 13.3. The molecule has 0 amide bonds. The maximum absolute atomic E-state index is 6.07.